The number of sulfonamides is 1. The number of ether oxygens (including phenoxy) is 1. The van der Waals surface area contributed by atoms with Gasteiger partial charge < -0.3 is 14.7 Å². The predicted molar refractivity (Wildman–Crippen MR) is 83.1 cm³/mol. The van der Waals surface area contributed by atoms with Gasteiger partial charge in [0.1, 0.15) is 0 Å². The van der Waals surface area contributed by atoms with Crippen LogP contribution >= 0.6 is 0 Å². The van der Waals surface area contributed by atoms with Gasteiger partial charge in [0.15, 0.2) is 6.10 Å². The lowest BCUT2D eigenvalue weighted by Crippen LogP contribution is -2.48. The molecule has 1 atom stereocenters. The van der Waals surface area contributed by atoms with Crippen molar-refractivity contribution in [3.63, 3.8) is 0 Å². The molecular formula is C15H18N2O6S. The maximum absolute atomic E-state index is 12.4. The maximum Gasteiger partial charge on any atom is 0.334 e. The molecule has 1 heterocycles. The minimum atomic E-state index is -3.56. The van der Waals surface area contributed by atoms with Gasteiger partial charge in [0.2, 0.25) is 10.0 Å². The largest absolute Gasteiger partial charge is 0.479 e. The average molecular weight is 354 g/mol. The third kappa shape index (κ3) is 3.74. The molecule has 0 spiro atoms. The Morgan fingerprint density at radius 1 is 1.21 bits per heavy atom. The van der Waals surface area contributed by atoms with Gasteiger partial charge in [-0.15, -0.1) is 0 Å². The number of rotatable bonds is 5. The van der Waals surface area contributed by atoms with Crippen LogP contribution in [-0.4, -0.2) is 62.1 Å². The highest BCUT2D eigenvalue weighted by Gasteiger charge is 2.30. The van der Waals surface area contributed by atoms with Gasteiger partial charge in [0.25, 0.3) is 5.91 Å². The van der Waals surface area contributed by atoms with E-state index in [1.54, 1.807) is 0 Å². The Morgan fingerprint density at radius 3 is 2.46 bits per heavy atom. The van der Waals surface area contributed by atoms with Crippen molar-refractivity contribution in [2.24, 2.45) is 0 Å². The van der Waals surface area contributed by atoms with Crippen molar-refractivity contribution in [3.05, 3.63) is 29.8 Å². The molecule has 2 aliphatic rings. The Kier molecular flexibility index (Phi) is 4.57. The van der Waals surface area contributed by atoms with E-state index in [0.717, 1.165) is 12.8 Å². The normalized spacial score (nSPS) is 21.5. The quantitative estimate of drug-likeness (QED) is 0.773. The summed E-state index contributed by atoms with van der Waals surface area (Å²) in [6, 6.07) is 5.65. The number of benzene rings is 1. The molecule has 1 amide bonds. The molecule has 8 nitrogen and oxygen atoms in total. The number of carbonyl (C=O) groups is 2. The second-order valence-corrected chi connectivity index (χ2v) is 7.58. The molecule has 2 N–H and O–H groups in total. The van der Waals surface area contributed by atoms with Crippen molar-refractivity contribution >= 4 is 21.9 Å². The van der Waals surface area contributed by atoms with E-state index >= 15 is 0 Å². The first-order chi connectivity index (χ1) is 11.4. The van der Waals surface area contributed by atoms with Crippen molar-refractivity contribution in [1.82, 2.24) is 9.62 Å². The monoisotopic (exact) mass is 354 g/mol. The molecule has 130 valence electrons. The fourth-order valence-electron chi connectivity index (χ4n) is 2.43. The van der Waals surface area contributed by atoms with Gasteiger partial charge in [0, 0.05) is 18.2 Å². The zero-order chi connectivity index (χ0) is 17.3. The molecule has 9 heteroatoms. The molecule has 24 heavy (non-hydrogen) atoms. The Morgan fingerprint density at radius 2 is 1.88 bits per heavy atom. The van der Waals surface area contributed by atoms with Crippen LogP contribution in [-0.2, 0) is 19.6 Å². The van der Waals surface area contributed by atoms with E-state index < -0.39 is 22.1 Å². The Hall–Kier alpha value is -1.97. The topological polar surface area (TPSA) is 113 Å². The maximum atomic E-state index is 12.4. The fourth-order valence-corrected chi connectivity index (χ4v) is 3.74. The lowest BCUT2D eigenvalue weighted by atomic mass is 10.1. The van der Waals surface area contributed by atoms with E-state index in [-0.39, 0.29) is 30.0 Å². The first-order valence-electron chi connectivity index (χ1n) is 7.63. The van der Waals surface area contributed by atoms with E-state index in [4.69, 9.17) is 9.84 Å². The van der Waals surface area contributed by atoms with Crippen molar-refractivity contribution < 1.29 is 27.9 Å². The third-order valence-electron chi connectivity index (χ3n) is 3.94. The minimum Gasteiger partial charge on any atom is -0.479 e. The van der Waals surface area contributed by atoms with Crippen molar-refractivity contribution in [1.29, 1.82) is 0 Å². The van der Waals surface area contributed by atoms with Crippen LogP contribution in [0.4, 0.5) is 0 Å². The summed E-state index contributed by atoms with van der Waals surface area (Å²) in [6.07, 6.45) is 0.653. The minimum absolute atomic E-state index is 0.0117. The van der Waals surface area contributed by atoms with E-state index in [2.05, 4.69) is 4.72 Å². The summed E-state index contributed by atoms with van der Waals surface area (Å²) in [5.41, 5.74) is 0.311. The van der Waals surface area contributed by atoms with Crippen molar-refractivity contribution in [2.75, 3.05) is 19.7 Å². The van der Waals surface area contributed by atoms with Gasteiger partial charge in [-0.2, -0.15) is 0 Å². The summed E-state index contributed by atoms with van der Waals surface area (Å²) in [5.74, 6) is -1.45. The first kappa shape index (κ1) is 16.9. The van der Waals surface area contributed by atoms with Crippen LogP contribution in [0.3, 0.4) is 0 Å². The highest BCUT2D eigenvalue weighted by atomic mass is 32.2. The van der Waals surface area contributed by atoms with Crippen molar-refractivity contribution in [3.8, 4) is 0 Å². The van der Waals surface area contributed by atoms with Gasteiger partial charge >= 0.3 is 5.97 Å². The number of nitrogens with zero attached hydrogens (tertiary/aromatic N) is 1. The molecule has 1 aliphatic heterocycles. The fraction of sp³-hybridized carbons (Fsp3) is 0.467. The van der Waals surface area contributed by atoms with Crippen LogP contribution in [0.2, 0.25) is 0 Å². The number of amides is 1. The predicted octanol–water partition coefficient (Wildman–Crippen LogP) is 0.0529. The summed E-state index contributed by atoms with van der Waals surface area (Å²) in [5, 5.41) is 8.97. The van der Waals surface area contributed by atoms with Gasteiger partial charge in [-0.1, -0.05) is 0 Å². The van der Waals surface area contributed by atoms with Crippen molar-refractivity contribution in [2.45, 2.75) is 29.9 Å². The van der Waals surface area contributed by atoms with Crippen LogP contribution in [0.15, 0.2) is 29.2 Å². The van der Waals surface area contributed by atoms with Crippen LogP contribution in [0, 0.1) is 0 Å². The second kappa shape index (κ2) is 6.50. The first-order valence-corrected chi connectivity index (χ1v) is 9.11. The second-order valence-electron chi connectivity index (χ2n) is 5.87. The number of hydrogen-bond acceptors (Lipinski definition) is 5. The molecule has 1 saturated carbocycles. The van der Waals surface area contributed by atoms with Crippen LogP contribution in [0.25, 0.3) is 0 Å². The van der Waals surface area contributed by atoms with E-state index in [0.29, 0.717) is 12.1 Å². The molecule has 1 unspecified atom stereocenters. The molecule has 0 radical (unpaired) electrons. The molecule has 0 aromatic heterocycles. The van der Waals surface area contributed by atoms with E-state index in [9.17, 15) is 18.0 Å². The molecule has 1 aromatic carbocycles. The number of carboxylic acids is 1. The van der Waals surface area contributed by atoms with Gasteiger partial charge in [-0.05, 0) is 37.1 Å². The molecule has 1 aromatic rings. The highest BCUT2D eigenvalue weighted by Crippen LogP contribution is 2.22. The number of carboxylic acid groups (broad SMARTS) is 1. The molecule has 0 bridgehead atoms. The number of morpholine rings is 1. The number of aliphatic carboxylic acids is 1. The number of nitrogens with one attached hydrogen (secondary N) is 1. The molecule has 1 saturated heterocycles. The summed E-state index contributed by atoms with van der Waals surface area (Å²) in [7, 11) is -3.56. The lowest BCUT2D eigenvalue weighted by molar-refractivity contribution is -0.154. The lowest BCUT2D eigenvalue weighted by Gasteiger charge is -2.30. The van der Waals surface area contributed by atoms with Gasteiger partial charge in [-0.25, -0.2) is 17.9 Å². The number of carbonyl (C=O) groups excluding carboxylic acids is 1. The smallest absolute Gasteiger partial charge is 0.334 e. The summed E-state index contributed by atoms with van der Waals surface area (Å²) in [4.78, 5) is 24.9. The van der Waals surface area contributed by atoms with Crippen LogP contribution in [0.5, 0.6) is 0 Å². The highest BCUT2D eigenvalue weighted by molar-refractivity contribution is 7.89. The van der Waals surface area contributed by atoms with Crippen LogP contribution < -0.4 is 4.72 Å². The summed E-state index contributed by atoms with van der Waals surface area (Å²) >= 11 is 0. The zero-order valence-electron chi connectivity index (χ0n) is 12.8. The average Bonchev–Trinajstić information content (AvgIpc) is 3.37. The van der Waals surface area contributed by atoms with Crippen LogP contribution in [0.1, 0.15) is 23.2 Å². The van der Waals surface area contributed by atoms with Gasteiger partial charge in [-0.3, -0.25) is 4.79 Å². The standard InChI is InChI=1S/C15H18N2O6S/c18-14(17-7-8-23-13(9-17)15(19)20)10-1-5-12(6-2-10)24(21,22)16-11-3-4-11/h1-2,5-6,11,13,16H,3-4,7-9H2,(H,19,20). The molecule has 1 aliphatic carbocycles. The molecule has 3 rings (SSSR count). The SMILES string of the molecule is O=C(O)C1CN(C(=O)c2ccc(S(=O)(=O)NC3CC3)cc2)CCO1. The van der Waals surface area contributed by atoms with Gasteiger partial charge in [0.05, 0.1) is 18.0 Å². The zero-order valence-corrected chi connectivity index (χ0v) is 13.7. The molecule has 2 fully saturated rings. The Bertz CT molecular complexity index is 742. The summed E-state index contributed by atoms with van der Waals surface area (Å²) in [6.45, 7) is 0.420. The summed E-state index contributed by atoms with van der Waals surface area (Å²) < 4.78 is 31.8. The number of hydrogen-bond donors (Lipinski definition) is 2. The third-order valence-corrected chi connectivity index (χ3v) is 5.48. The Balaban J connectivity index is 1.70. The Labute approximate surface area is 139 Å². The molecular weight excluding hydrogens is 336 g/mol. The van der Waals surface area contributed by atoms with E-state index in [1.807, 2.05) is 0 Å². The van der Waals surface area contributed by atoms with E-state index in [1.165, 1.54) is 29.2 Å².